The van der Waals surface area contributed by atoms with Crippen LogP contribution >= 0.6 is 22.6 Å². The summed E-state index contributed by atoms with van der Waals surface area (Å²) in [5.41, 5.74) is -0.438. The number of hydrogen-bond acceptors (Lipinski definition) is 2. The molecule has 0 aliphatic carbocycles. The van der Waals surface area contributed by atoms with Gasteiger partial charge in [-0.25, -0.2) is 0 Å². The lowest BCUT2D eigenvalue weighted by molar-refractivity contribution is 0.00578. The van der Waals surface area contributed by atoms with Crippen molar-refractivity contribution in [3.05, 3.63) is 12.1 Å². The minimum Gasteiger partial charge on any atom is -0.400 e. The smallest absolute Gasteiger partial charge is 0.400 e. The lowest BCUT2D eigenvalue weighted by Gasteiger charge is -2.32. The first-order valence-corrected chi connectivity index (χ1v) is 8.00. The van der Waals surface area contributed by atoms with Crippen LogP contribution in [0.5, 0.6) is 0 Å². The van der Waals surface area contributed by atoms with E-state index < -0.39 is 0 Å². The maximum Gasteiger partial charge on any atom is 0.486 e. The van der Waals surface area contributed by atoms with Crippen LogP contribution in [0.3, 0.4) is 0 Å². The first-order chi connectivity index (χ1) is 7.89. The molecule has 0 bridgehead atoms. The molecule has 1 saturated heterocycles. The van der Waals surface area contributed by atoms with E-state index in [4.69, 9.17) is 9.31 Å². The Morgan fingerprint density at radius 3 is 2.12 bits per heavy atom. The predicted octanol–water partition coefficient (Wildman–Crippen LogP) is 4.17. The number of hydrogen-bond donors (Lipinski definition) is 0. The molecule has 1 heterocycles. The number of alkyl halides is 1. The molecule has 4 heteroatoms. The Bertz CT molecular complexity index is 248. The third-order valence-electron chi connectivity index (χ3n) is 3.57. The SMILES string of the molecule is CC1(C)OB(C=CCCCCCI)OC1(C)C. The molecule has 1 aliphatic rings. The van der Waals surface area contributed by atoms with Crippen LogP contribution in [0.4, 0.5) is 0 Å². The summed E-state index contributed by atoms with van der Waals surface area (Å²) in [6, 6.07) is 0. The maximum atomic E-state index is 5.88. The van der Waals surface area contributed by atoms with E-state index in [-0.39, 0.29) is 18.3 Å². The van der Waals surface area contributed by atoms with Crippen molar-refractivity contribution in [2.75, 3.05) is 4.43 Å². The Kier molecular flexibility index (Phi) is 6.00. The zero-order valence-electron chi connectivity index (χ0n) is 11.5. The molecular formula is C13H24BIO2. The van der Waals surface area contributed by atoms with Crippen molar-refractivity contribution in [3.8, 4) is 0 Å². The van der Waals surface area contributed by atoms with Gasteiger partial charge in [-0.1, -0.05) is 41.1 Å². The van der Waals surface area contributed by atoms with Crippen LogP contribution in [0.25, 0.3) is 0 Å². The van der Waals surface area contributed by atoms with E-state index in [9.17, 15) is 0 Å². The van der Waals surface area contributed by atoms with E-state index in [1.807, 2.05) is 0 Å². The van der Waals surface area contributed by atoms with Gasteiger partial charge in [-0.15, -0.1) is 0 Å². The van der Waals surface area contributed by atoms with E-state index in [1.54, 1.807) is 0 Å². The van der Waals surface area contributed by atoms with Crippen molar-refractivity contribution < 1.29 is 9.31 Å². The van der Waals surface area contributed by atoms with Gasteiger partial charge in [0.1, 0.15) is 0 Å². The molecule has 98 valence electrons. The zero-order valence-corrected chi connectivity index (χ0v) is 13.6. The van der Waals surface area contributed by atoms with Crippen molar-refractivity contribution in [1.29, 1.82) is 0 Å². The highest BCUT2D eigenvalue weighted by molar-refractivity contribution is 14.1. The van der Waals surface area contributed by atoms with Crippen molar-refractivity contribution in [2.24, 2.45) is 0 Å². The average molecular weight is 350 g/mol. The van der Waals surface area contributed by atoms with E-state index in [0.29, 0.717) is 0 Å². The Hall–Kier alpha value is 0.455. The van der Waals surface area contributed by atoms with Crippen LogP contribution in [0.15, 0.2) is 12.1 Å². The highest BCUT2D eigenvalue weighted by Gasteiger charge is 2.49. The largest absolute Gasteiger partial charge is 0.486 e. The molecule has 0 aromatic carbocycles. The summed E-state index contributed by atoms with van der Waals surface area (Å²) in [6.45, 7) is 8.34. The molecule has 2 nitrogen and oxygen atoms in total. The molecule has 0 N–H and O–H groups in total. The number of halogens is 1. The molecule has 0 spiro atoms. The fourth-order valence-electron chi connectivity index (χ4n) is 1.71. The Morgan fingerprint density at radius 1 is 1.00 bits per heavy atom. The molecule has 1 aliphatic heterocycles. The molecular weight excluding hydrogens is 326 g/mol. The van der Waals surface area contributed by atoms with Gasteiger partial charge in [-0.2, -0.15) is 0 Å². The topological polar surface area (TPSA) is 18.5 Å². The van der Waals surface area contributed by atoms with Crippen LogP contribution in [-0.4, -0.2) is 22.7 Å². The second-order valence-electron chi connectivity index (χ2n) is 5.59. The second kappa shape index (κ2) is 6.57. The van der Waals surface area contributed by atoms with Gasteiger partial charge >= 0.3 is 7.12 Å². The molecule has 0 unspecified atom stereocenters. The van der Waals surface area contributed by atoms with E-state index in [0.717, 1.165) is 6.42 Å². The summed E-state index contributed by atoms with van der Waals surface area (Å²) >= 11 is 2.43. The van der Waals surface area contributed by atoms with Gasteiger partial charge in [0.2, 0.25) is 0 Å². The van der Waals surface area contributed by atoms with Crippen LogP contribution in [-0.2, 0) is 9.31 Å². The van der Waals surface area contributed by atoms with Crippen molar-refractivity contribution in [3.63, 3.8) is 0 Å². The fourth-order valence-corrected chi connectivity index (χ4v) is 2.25. The van der Waals surface area contributed by atoms with Gasteiger partial charge in [-0.05, 0) is 51.4 Å². The van der Waals surface area contributed by atoms with Gasteiger partial charge in [0.25, 0.3) is 0 Å². The molecule has 0 atom stereocenters. The number of rotatable bonds is 6. The minimum absolute atomic E-state index is 0.176. The third-order valence-corrected chi connectivity index (χ3v) is 4.33. The molecule has 0 radical (unpaired) electrons. The summed E-state index contributed by atoms with van der Waals surface area (Å²) in [4.78, 5) is 0. The second-order valence-corrected chi connectivity index (χ2v) is 6.67. The summed E-state index contributed by atoms with van der Waals surface area (Å²) in [5, 5.41) is 0. The molecule has 0 aromatic heterocycles. The average Bonchev–Trinajstić information content (AvgIpc) is 2.41. The van der Waals surface area contributed by atoms with Crippen LogP contribution in [0.2, 0.25) is 0 Å². The summed E-state index contributed by atoms with van der Waals surface area (Å²) in [7, 11) is -0.176. The highest BCUT2D eigenvalue weighted by Crippen LogP contribution is 2.36. The monoisotopic (exact) mass is 350 g/mol. The standard InChI is InChI=1S/C13H24BIO2/c1-12(2)13(3,4)17-14(16-12)10-8-6-5-7-9-11-15/h8,10H,5-7,9,11H2,1-4H3. The number of allylic oxidation sites excluding steroid dienone is 1. The van der Waals surface area contributed by atoms with Crippen LogP contribution in [0.1, 0.15) is 53.4 Å². The summed E-state index contributed by atoms with van der Waals surface area (Å²) < 4.78 is 13.0. The van der Waals surface area contributed by atoms with Gasteiger partial charge in [0.05, 0.1) is 11.2 Å². The predicted molar refractivity (Wildman–Crippen MR) is 82.6 cm³/mol. The fraction of sp³-hybridized carbons (Fsp3) is 0.846. The summed E-state index contributed by atoms with van der Waals surface area (Å²) in [5.74, 6) is 2.06. The normalized spacial score (nSPS) is 22.5. The number of unbranched alkanes of at least 4 members (excludes halogenated alkanes) is 3. The Labute approximate surface area is 120 Å². The lowest BCUT2D eigenvalue weighted by atomic mass is 9.89. The van der Waals surface area contributed by atoms with Gasteiger partial charge in [-0.3, -0.25) is 0 Å². The van der Waals surface area contributed by atoms with Gasteiger partial charge in [0, 0.05) is 0 Å². The van der Waals surface area contributed by atoms with Crippen molar-refractivity contribution in [1.82, 2.24) is 0 Å². The summed E-state index contributed by atoms with van der Waals surface area (Å²) in [6.07, 6.45) is 7.22. The lowest BCUT2D eigenvalue weighted by Crippen LogP contribution is -2.41. The molecule has 0 aromatic rings. The molecule has 17 heavy (non-hydrogen) atoms. The Balaban J connectivity index is 2.28. The van der Waals surface area contributed by atoms with E-state index >= 15 is 0 Å². The minimum atomic E-state index is -0.219. The third kappa shape index (κ3) is 4.56. The Morgan fingerprint density at radius 2 is 1.59 bits per heavy atom. The first kappa shape index (κ1) is 15.5. The van der Waals surface area contributed by atoms with Gasteiger partial charge in [0.15, 0.2) is 0 Å². The van der Waals surface area contributed by atoms with Crippen molar-refractivity contribution >= 4 is 29.7 Å². The van der Waals surface area contributed by atoms with E-state index in [1.165, 1.54) is 23.7 Å². The molecule has 1 fully saturated rings. The quantitative estimate of drug-likeness (QED) is 0.310. The van der Waals surface area contributed by atoms with Crippen LogP contribution in [0, 0.1) is 0 Å². The van der Waals surface area contributed by atoms with Crippen molar-refractivity contribution in [2.45, 2.75) is 64.6 Å². The molecule has 1 rings (SSSR count). The zero-order chi connectivity index (χ0) is 12.9. The molecule has 0 saturated carbocycles. The first-order valence-electron chi connectivity index (χ1n) is 6.47. The molecule has 0 amide bonds. The van der Waals surface area contributed by atoms with Gasteiger partial charge < -0.3 is 9.31 Å². The maximum absolute atomic E-state index is 5.88. The van der Waals surface area contributed by atoms with E-state index in [2.05, 4.69) is 62.3 Å². The van der Waals surface area contributed by atoms with Crippen LogP contribution < -0.4 is 0 Å². The highest BCUT2D eigenvalue weighted by atomic mass is 127.